The molecule has 8 nitrogen and oxygen atoms in total. The molecule has 0 bridgehead atoms. The van der Waals surface area contributed by atoms with Crippen LogP contribution >= 0.6 is 11.6 Å². The number of hydrogen-bond acceptors (Lipinski definition) is 6. The van der Waals surface area contributed by atoms with Crippen molar-refractivity contribution in [3.63, 3.8) is 0 Å². The highest BCUT2D eigenvalue weighted by atomic mass is 35.5. The van der Waals surface area contributed by atoms with Crippen LogP contribution in [0.5, 0.6) is 0 Å². The summed E-state index contributed by atoms with van der Waals surface area (Å²) in [6.07, 6.45) is -8.22. The molecule has 0 radical (unpaired) electrons. The Morgan fingerprint density at radius 1 is 1.29 bits per heavy atom. The monoisotopic (exact) mass is 486 g/mol. The van der Waals surface area contributed by atoms with Gasteiger partial charge in [0.25, 0.3) is 0 Å². The molecule has 1 unspecified atom stereocenters. The Hall–Kier alpha value is -1.60. The second-order valence-corrected chi connectivity index (χ2v) is 9.79. The van der Waals surface area contributed by atoms with Crippen molar-refractivity contribution in [2.75, 3.05) is 39.4 Å². The largest absolute Gasteiger partial charge is 0.434 e. The Kier molecular flexibility index (Phi) is 7.06. The lowest BCUT2D eigenvalue weighted by Gasteiger charge is -2.46. The van der Waals surface area contributed by atoms with Gasteiger partial charge in [0, 0.05) is 31.2 Å². The van der Waals surface area contributed by atoms with E-state index in [1.165, 1.54) is 22.5 Å². The molecule has 0 saturated carbocycles. The van der Waals surface area contributed by atoms with Gasteiger partial charge in [-0.3, -0.25) is 0 Å². The molecule has 1 N–H and O–H groups in total. The van der Waals surface area contributed by atoms with Crippen LogP contribution in [-0.2, 0) is 19.5 Å². The number of carbonyl (C=O) groups excluding carboxylic acids is 1. The number of alkyl halides is 3. The molecule has 2 fully saturated rings. The molecule has 2 saturated heterocycles. The van der Waals surface area contributed by atoms with Gasteiger partial charge in [0.05, 0.1) is 23.7 Å². The van der Waals surface area contributed by atoms with Gasteiger partial charge in [-0.15, -0.1) is 0 Å². The normalized spacial score (nSPS) is 21.1. The lowest BCUT2D eigenvalue weighted by molar-refractivity contribution is -0.215. The minimum absolute atomic E-state index is 0.0277. The smallest absolute Gasteiger partial charge is 0.427 e. The topological polar surface area (TPSA) is 96.4 Å². The molecule has 13 heteroatoms. The standard InChI is InChI=1S/C18H22ClF3N2O6S/c19-13-2-1-3-14(10-13)31(27,28)24-8-9-29-17(12-24)4-6-23(7-5-17)16(26)30-15(11-25)18(20,21)22/h1-3,10,15,25H,4-9,11-12H2. The molecule has 1 aromatic rings. The lowest BCUT2D eigenvalue weighted by atomic mass is 9.90. The summed E-state index contributed by atoms with van der Waals surface area (Å²) in [5, 5.41) is 9.11. The van der Waals surface area contributed by atoms with Gasteiger partial charge in [0.2, 0.25) is 16.1 Å². The Labute approximate surface area is 182 Å². The second kappa shape index (κ2) is 9.10. The number of morpholine rings is 1. The molecule has 2 aliphatic heterocycles. The van der Waals surface area contributed by atoms with E-state index in [9.17, 15) is 26.4 Å². The Balaban J connectivity index is 1.64. The van der Waals surface area contributed by atoms with Crippen molar-refractivity contribution in [2.45, 2.75) is 35.6 Å². The van der Waals surface area contributed by atoms with Crippen LogP contribution in [-0.4, -0.2) is 86.1 Å². The number of carbonyl (C=O) groups is 1. The first-order valence-corrected chi connectivity index (χ1v) is 11.3. The maximum atomic E-state index is 13.0. The molecule has 1 spiro atoms. The van der Waals surface area contributed by atoms with Crippen LogP contribution in [0.2, 0.25) is 5.02 Å². The Morgan fingerprint density at radius 3 is 2.55 bits per heavy atom. The number of amides is 1. The van der Waals surface area contributed by atoms with Crippen molar-refractivity contribution in [1.82, 2.24) is 9.21 Å². The van der Waals surface area contributed by atoms with Crippen LogP contribution in [0.15, 0.2) is 29.2 Å². The molecule has 174 valence electrons. The fraction of sp³-hybridized carbons (Fsp3) is 0.611. The fourth-order valence-electron chi connectivity index (χ4n) is 3.59. The predicted molar refractivity (Wildman–Crippen MR) is 103 cm³/mol. The third-order valence-electron chi connectivity index (χ3n) is 5.35. The number of benzene rings is 1. The number of aliphatic hydroxyl groups excluding tert-OH is 1. The summed E-state index contributed by atoms with van der Waals surface area (Å²) >= 11 is 5.91. The number of likely N-dealkylation sites (tertiary alicyclic amines) is 1. The number of hydrogen-bond donors (Lipinski definition) is 1. The van der Waals surface area contributed by atoms with Crippen molar-refractivity contribution in [3.05, 3.63) is 29.3 Å². The number of sulfonamides is 1. The van der Waals surface area contributed by atoms with Crippen molar-refractivity contribution in [2.24, 2.45) is 0 Å². The number of rotatable bonds is 4. The van der Waals surface area contributed by atoms with E-state index < -0.39 is 40.6 Å². The van der Waals surface area contributed by atoms with Crippen LogP contribution in [0.25, 0.3) is 0 Å². The highest BCUT2D eigenvalue weighted by molar-refractivity contribution is 7.89. The quantitative estimate of drug-likeness (QED) is 0.701. The van der Waals surface area contributed by atoms with Gasteiger partial charge in [0.15, 0.2) is 0 Å². The average molecular weight is 487 g/mol. The van der Waals surface area contributed by atoms with E-state index in [4.69, 9.17) is 21.4 Å². The first-order chi connectivity index (χ1) is 14.5. The predicted octanol–water partition coefficient (Wildman–Crippen LogP) is 2.26. The van der Waals surface area contributed by atoms with Gasteiger partial charge >= 0.3 is 12.3 Å². The van der Waals surface area contributed by atoms with E-state index >= 15 is 0 Å². The minimum Gasteiger partial charge on any atom is -0.434 e. The first kappa shape index (κ1) is 24.1. The zero-order chi connectivity index (χ0) is 22.9. The molecular formula is C18H22ClF3N2O6S. The van der Waals surface area contributed by atoms with Crippen molar-refractivity contribution < 1.29 is 41.0 Å². The Bertz CT molecular complexity index is 906. The highest BCUT2D eigenvalue weighted by Gasteiger charge is 2.46. The van der Waals surface area contributed by atoms with Crippen LogP contribution in [0.3, 0.4) is 0 Å². The minimum atomic E-state index is -4.87. The van der Waals surface area contributed by atoms with E-state index in [0.29, 0.717) is 0 Å². The van der Waals surface area contributed by atoms with E-state index in [1.54, 1.807) is 6.07 Å². The average Bonchev–Trinajstić information content (AvgIpc) is 2.71. The van der Waals surface area contributed by atoms with Crippen LogP contribution < -0.4 is 0 Å². The number of halogens is 4. The van der Waals surface area contributed by atoms with E-state index in [1.807, 2.05) is 0 Å². The molecule has 0 aromatic heterocycles. The zero-order valence-corrected chi connectivity index (χ0v) is 17.9. The number of aliphatic hydroxyl groups is 1. The van der Waals surface area contributed by atoms with E-state index in [2.05, 4.69) is 4.74 Å². The number of nitrogens with zero attached hydrogens (tertiary/aromatic N) is 2. The van der Waals surface area contributed by atoms with Crippen molar-refractivity contribution in [1.29, 1.82) is 0 Å². The van der Waals surface area contributed by atoms with Gasteiger partial charge in [-0.05, 0) is 31.0 Å². The SMILES string of the molecule is O=C(OC(CO)C(F)(F)F)N1CCC2(CC1)CN(S(=O)(=O)c1cccc(Cl)c1)CCO2. The molecule has 2 heterocycles. The lowest BCUT2D eigenvalue weighted by Crippen LogP contribution is -2.58. The van der Waals surface area contributed by atoms with Crippen LogP contribution in [0, 0.1) is 0 Å². The van der Waals surface area contributed by atoms with Crippen molar-refractivity contribution >= 4 is 27.7 Å². The van der Waals surface area contributed by atoms with Crippen LogP contribution in [0.1, 0.15) is 12.8 Å². The summed E-state index contributed by atoms with van der Waals surface area (Å²) in [7, 11) is -3.81. The van der Waals surface area contributed by atoms with Gasteiger partial charge in [-0.25, -0.2) is 13.2 Å². The third-order valence-corrected chi connectivity index (χ3v) is 7.43. The fourth-order valence-corrected chi connectivity index (χ4v) is 5.39. The Morgan fingerprint density at radius 2 is 1.97 bits per heavy atom. The summed E-state index contributed by atoms with van der Waals surface area (Å²) in [6.45, 7) is -0.976. The summed E-state index contributed by atoms with van der Waals surface area (Å²) in [5.74, 6) is 0. The third kappa shape index (κ3) is 5.43. The van der Waals surface area contributed by atoms with E-state index in [-0.39, 0.29) is 55.5 Å². The highest BCUT2D eigenvalue weighted by Crippen LogP contribution is 2.33. The summed E-state index contributed by atoms with van der Waals surface area (Å²) < 4.78 is 75.6. The first-order valence-electron chi connectivity index (χ1n) is 9.50. The van der Waals surface area contributed by atoms with Gasteiger partial charge in [-0.2, -0.15) is 17.5 Å². The molecule has 0 aliphatic carbocycles. The molecule has 1 atom stereocenters. The van der Waals surface area contributed by atoms with Gasteiger partial charge in [0.1, 0.15) is 0 Å². The van der Waals surface area contributed by atoms with E-state index in [0.717, 1.165) is 4.90 Å². The second-order valence-electron chi connectivity index (χ2n) is 7.41. The summed E-state index contributed by atoms with van der Waals surface area (Å²) in [4.78, 5) is 13.2. The molecule has 1 aromatic carbocycles. The number of ether oxygens (including phenoxy) is 2. The molecular weight excluding hydrogens is 465 g/mol. The van der Waals surface area contributed by atoms with Gasteiger partial charge in [-0.1, -0.05) is 17.7 Å². The van der Waals surface area contributed by atoms with Crippen molar-refractivity contribution in [3.8, 4) is 0 Å². The summed E-state index contributed by atoms with van der Waals surface area (Å²) in [6, 6.07) is 5.91. The molecule has 2 aliphatic rings. The summed E-state index contributed by atoms with van der Waals surface area (Å²) in [5.41, 5.74) is -0.860. The van der Waals surface area contributed by atoms with Gasteiger partial charge < -0.3 is 19.5 Å². The van der Waals surface area contributed by atoms with Crippen LogP contribution in [0.4, 0.5) is 18.0 Å². The number of piperidine rings is 1. The molecule has 31 heavy (non-hydrogen) atoms. The molecule has 3 rings (SSSR count). The molecule has 1 amide bonds. The maximum absolute atomic E-state index is 13.0. The zero-order valence-electron chi connectivity index (χ0n) is 16.3. The maximum Gasteiger partial charge on any atom is 0.427 e.